The van der Waals surface area contributed by atoms with Crippen molar-refractivity contribution in [2.75, 3.05) is 26.8 Å². The highest BCUT2D eigenvalue weighted by molar-refractivity contribution is 6.31. The number of pyridine rings is 1. The van der Waals surface area contributed by atoms with E-state index in [1.54, 1.807) is 30.3 Å². The Bertz CT molecular complexity index is 705. The maximum Gasteiger partial charge on any atom is 0.323 e. The molecular weight excluding hydrogens is 308 g/mol. The van der Waals surface area contributed by atoms with E-state index in [9.17, 15) is 9.59 Å². The van der Waals surface area contributed by atoms with Gasteiger partial charge in [0, 0.05) is 24.1 Å². The Morgan fingerprint density at radius 2 is 2.05 bits per heavy atom. The summed E-state index contributed by atoms with van der Waals surface area (Å²) in [5.74, 6) is -1.55. The molecule has 0 aliphatic carbocycles. The number of halogens is 1. The standard InChI is InChI=1S/C15H15ClN2O4/c1-22-7-6-18(9-14(19)20)15(21)12-5-3-10-2-4-11(16)8-13(10)17-12/h2-5,8H,6-7,9H2,1H3,(H,19,20). The number of carboxylic acid groups (broad SMARTS) is 1. The first-order valence-electron chi connectivity index (χ1n) is 6.57. The third kappa shape index (κ3) is 3.93. The average Bonchev–Trinajstić information content (AvgIpc) is 2.49. The summed E-state index contributed by atoms with van der Waals surface area (Å²) in [6.45, 7) is 0.0206. The van der Waals surface area contributed by atoms with E-state index >= 15 is 0 Å². The van der Waals surface area contributed by atoms with Crippen LogP contribution in [0.5, 0.6) is 0 Å². The average molecular weight is 323 g/mol. The fraction of sp³-hybridized carbons (Fsp3) is 0.267. The van der Waals surface area contributed by atoms with E-state index < -0.39 is 18.4 Å². The van der Waals surface area contributed by atoms with Crippen LogP contribution in [-0.4, -0.2) is 53.7 Å². The summed E-state index contributed by atoms with van der Waals surface area (Å²) < 4.78 is 4.90. The number of methoxy groups -OCH3 is 1. The minimum Gasteiger partial charge on any atom is -0.480 e. The van der Waals surface area contributed by atoms with E-state index in [0.717, 1.165) is 5.39 Å². The van der Waals surface area contributed by atoms with Crippen LogP contribution in [0, 0.1) is 0 Å². The smallest absolute Gasteiger partial charge is 0.323 e. The summed E-state index contributed by atoms with van der Waals surface area (Å²) in [6.07, 6.45) is 0. The van der Waals surface area contributed by atoms with Crippen molar-refractivity contribution < 1.29 is 19.4 Å². The number of ether oxygens (including phenoxy) is 1. The number of hydrogen-bond donors (Lipinski definition) is 1. The number of fused-ring (bicyclic) bond motifs is 1. The van der Waals surface area contributed by atoms with Gasteiger partial charge in [0.2, 0.25) is 0 Å². The SMILES string of the molecule is COCCN(CC(=O)O)C(=O)c1ccc2ccc(Cl)cc2n1. The molecule has 0 aliphatic rings. The second-order valence-electron chi connectivity index (χ2n) is 4.65. The third-order valence-electron chi connectivity index (χ3n) is 3.05. The highest BCUT2D eigenvalue weighted by Crippen LogP contribution is 2.18. The molecule has 1 aromatic heterocycles. The van der Waals surface area contributed by atoms with Crippen LogP contribution in [0.2, 0.25) is 5.02 Å². The maximum absolute atomic E-state index is 12.4. The van der Waals surface area contributed by atoms with Crippen molar-refractivity contribution in [1.82, 2.24) is 9.88 Å². The molecule has 1 N–H and O–H groups in total. The molecule has 0 fully saturated rings. The van der Waals surface area contributed by atoms with Gasteiger partial charge in [-0.25, -0.2) is 4.98 Å². The molecular formula is C15H15ClN2O4. The summed E-state index contributed by atoms with van der Waals surface area (Å²) in [4.78, 5) is 28.8. The first kappa shape index (κ1) is 16.2. The fourth-order valence-electron chi connectivity index (χ4n) is 1.99. The molecule has 7 heteroatoms. The summed E-state index contributed by atoms with van der Waals surface area (Å²) in [6, 6.07) is 8.52. The minimum absolute atomic E-state index is 0.173. The lowest BCUT2D eigenvalue weighted by atomic mass is 10.2. The lowest BCUT2D eigenvalue weighted by Gasteiger charge is -2.19. The lowest BCUT2D eigenvalue weighted by molar-refractivity contribution is -0.137. The lowest BCUT2D eigenvalue weighted by Crippen LogP contribution is -2.38. The van der Waals surface area contributed by atoms with Crippen LogP contribution < -0.4 is 0 Å². The Morgan fingerprint density at radius 1 is 1.32 bits per heavy atom. The number of hydrogen-bond acceptors (Lipinski definition) is 4. The van der Waals surface area contributed by atoms with Gasteiger partial charge in [0.15, 0.2) is 0 Å². The van der Waals surface area contributed by atoms with Crippen molar-refractivity contribution in [1.29, 1.82) is 0 Å². The molecule has 2 aromatic rings. The van der Waals surface area contributed by atoms with Gasteiger partial charge in [0.1, 0.15) is 12.2 Å². The van der Waals surface area contributed by atoms with Crippen LogP contribution in [0.3, 0.4) is 0 Å². The summed E-state index contributed by atoms with van der Waals surface area (Å²) >= 11 is 5.92. The van der Waals surface area contributed by atoms with Gasteiger partial charge < -0.3 is 14.7 Å². The molecule has 116 valence electrons. The van der Waals surface area contributed by atoms with Gasteiger partial charge in [-0.3, -0.25) is 9.59 Å². The van der Waals surface area contributed by atoms with Crippen LogP contribution in [0.4, 0.5) is 0 Å². The van der Waals surface area contributed by atoms with Gasteiger partial charge in [-0.05, 0) is 18.2 Å². The van der Waals surface area contributed by atoms with Crippen molar-refractivity contribution in [2.24, 2.45) is 0 Å². The number of carboxylic acids is 1. The Kier molecular flexibility index (Phi) is 5.30. The molecule has 0 unspecified atom stereocenters. The molecule has 1 amide bonds. The second-order valence-corrected chi connectivity index (χ2v) is 5.08. The van der Waals surface area contributed by atoms with Crippen molar-refractivity contribution in [3.8, 4) is 0 Å². The molecule has 1 aromatic carbocycles. The van der Waals surface area contributed by atoms with Crippen molar-refractivity contribution >= 4 is 34.4 Å². The number of carbonyl (C=O) groups is 2. The summed E-state index contributed by atoms with van der Waals surface area (Å²) in [7, 11) is 1.49. The van der Waals surface area contributed by atoms with E-state index in [4.69, 9.17) is 21.4 Å². The van der Waals surface area contributed by atoms with Gasteiger partial charge in [-0.2, -0.15) is 0 Å². The third-order valence-corrected chi connectivity index (χ3v) is 3.29. The first-order valence-corrected chi connectivity index (χ1v) is 6.95. The quantitative estimate of drug-likeness (QED) is 0.880. The van der Waals surface area contributed by atoms with Crippen LogP contribution in [0.15, 0.2) is 30.3 Å². The molecule has 22 heavy (non-hydrogen) atoms. The number of aliphatic carboxylic acids is 1. The van der Waals surface area contributed by atoms with Crippen molar-refractivity contribution in [3.63, 3.8) is 0 Å². The van der Waals surface area contributed by atoms with Gasteiger partial charge in [-0.15, -0.1) is 0 Å². The molecule has 0 spiro atoms. The van der Waals surface area contributed by atoms with Crippen LogP contribution in [0.25, 0.3) is 10.9 Å². The monoisotopic (exact) mass is 322 g/mol. The zero-order chi connectivity index (χ0) is 16.1. The molecule has 6 nitrogen and oxygen atoms in total. The highest BCUT2D eigenvalue weighted by atomic mass is 35.5. The van der Waals surface area contributed by atoms with Crippen LogP contribution in [0.1, 0.15) is 10.5 Å². The van der Waals surface area contributed by atoms with Gasteiger partial charge in [0.25, 0.3) is 5.91 Å². The number of rotatable bonds is 6. The topological polar surface area (TPSA) is 79.7 Å². The van der Waals surface area contributed by atoms with E-state index in [1.165, 1.54) is 12.0 Å². The maximum atomic E-state index is 12.4. The molecule has 0 saturated carbocycles. The number of amides is 1. The largest absolute Gasteiger partial charge is 0.480 e. The normalized spacial score (nSPS) is 10.6. The van der Waals surface area contributed by atoms with Crippen LogP contribution in [-0.2, 0) is 9.53 Å². The summed E-state index contributed by atoms with van der Waals surface area (Å²) in [5.41, 5.74) is 0.757. The Morgan fingerprint density at radius 3 is 2.73 bits per heavy atom. The number of carbonyl (C=O) groups excluding carboxylic acids is 1. The fourth-order valence-corrected chi connectivity index (χ4v) is 2.15. The van der Waals surface area contributed by atoms with E-state index in [1.807, 2.05) is 0 Å². The van der Waals surface area contributed by atoms with E-state index in [2.05, 4.69) is 4.98 Å². The molecule has 0 saturated heterocycles. The molecule has 2 rings (SSSR count). The predicted molar refractivity (Wildman–Crippen MR) is 82.2 cm³/mol. The Balaban J connectivity index is 2.30. The van der Waals surface area contributed by atoms with Crippen molar-refractivity contribution in [2.45, 2.75) is 0 Å². The van der Waals surface area contributed by atoms with Crippen LogP contribution >= 0.6 is 11.6 Å². The number of nitrogens with zero attached hydrogens (tertiary/aromatic N) is 2. The first-order chi connectivity index (χ1) is 10.5. The van der Waals surface area contributed by atoms with E-state index in [-0.39, 0.29) is 18.8 Å². The number of benzene rings is 1. The Hall–Kier alpha value is -2.18. The van der Waals surface area contributed by atoms with Crippen molar-refractivity contribution in [3.05, 3.63) is 41.0 Å². The highest BCUT2D eigenvalue weighted by Gasteiger charge is 2.19. The summed E-state index contributed by atoms with van der Waals surface area (Å²) in [5, 5.41) is 10.3. The molecule has 1 heterocycles. The zero-order valence-electron chi connectivity index (χ0n) is 12.0. The van der Waals surface area contributed by atoms with Gasteiger partial charge in [-0.1, -0.05) is 23.7 Å². The second kappa shape index (κ2) is 7.20. The molecule has 0 atom stereocenters. The zero-order valence-corrected chi connectivity index (χ0v) is 12.7. The number of aromatic nitrogens is 1. The van der Waals surface area contributed by atoms with Gasteiger partial charge in [0.05, 0.1) is 12.1 Å². The minimum atomic E-state index is -1.09. The van der Waals surface area contributed by atoms with E-state index in [0.29, 0.717) is 10.5 Å². The molecule has 0 bridgehead atoms. The molecule has 0 aliphatic heterocycles. The predicted octanol–water partition coefficient (Wildman–Crippen LogP) is 2.06. The molecule has 0 radical (unpaired) electrons. The van der Waals surface area contributed by atoms with Gasteiger partial charge >= 0.3 is 5.97 Å². The Labute approximate surface area is 132 Å².